The lowest BCUT2D eigenvalue weighted by Crippen LogP contribution is -2.42. The molecule has 1 N–H and O–H groups in total. The molecule has 0 bridgehead atoms. The zero-order chi connectivity index (χ0) is 18.7. The Kier molecular flexibility index (Phi) is 5.36. The van der Waals surface area contributed by atoms with Crippen LogP contribution in [0.3, 0.4) is 0 Å². The maximum absolute atomic E-state index is 13.8. The van der Waals surface area contributed by atoms with Crippen LogP contribution in [0.5, 0.6) is 0 Å². The van der Waals surface area contributed by atoms with E-state index in [4.69, 9.17) is 0 Å². The molecule has 0 radical (unpaired) electrons. The molecule has 2 aromatic rings. The first-order valence-electron chi connectivity index (χ1n) is 8.14. The highest BCUT2D eigenvalue weighted by Gasteiger charge is 2.33. The quantitative estimate of drug-likeness (QED) is 0.828. The number of hydrogen-bond donors (Lipinski definition) is 1. The summed E-state index contributed by atoms with van der Waals surface area (Å²) in [5.74, 6) is -1.09. The van der Waals surface area contributed by atoms with Gasteiger partial charge in [-0.3, -0.25) is 4.90 Å². The summed E-state index contributed by atoms with van der Waals surface area (Å²) in [6.07, 6.45) is -1.98. The first-order chi connectivity index (χ1) is 12.3. The first-order valence-corrected chi connectivity index (χ1v) is 8.14. The molecule has 0 aliphatic carbocycles. The molecule has 1 aliphatic rings. The van der Waals surface area contributed by atoms with Gasteiger partial charge in [-0.1, -0.05) is 0 Å². The highest BCUT2D eigenvalue weighted by Crippen LogP contribution is 2.28. The number of nitrogens with one attached hydrogen (secondary N) is 1. The van der Waals surface area contributed by atoms with Crippen LogP contribution in [0.1, 0.15) is 24.1 Å². The Balaban J connectivity index is 1.65. The van der Waals surface area contributed by atoms with Crippen molar-refractivity contribution in [2.75, 3.05) is 18.4 Å². The fourth-order valence-corrected chi connectivity index (χ4v) is 2.99. The van der Waals surface area contributed by atoms with Gasteiger partial charge in [0, 0.05) is 30.9 Å². The standard InChI is InChI=1S/C17H17F5N4/c18-12-3-4-14(19)11(8-12)9-26-7-1-2-13(10-26)24-16-23-6-5-15(25-16)17(20,21)22/h3-6,8,13H,1-2,7,9-10H2,(H,23,24,25). The van der Waals surface area contributed by atoms with Crippen molar-refractivity contribution in [2.24, 2.45) is 0 Å². The molecule has 1 atom stereocenters. The third-order valence-corrected chi connectivity index (χ3v) is 4.19. The van der Waals surface area contributed by atoms with Gasteiger partial charge in [0.1, 0.15) is 17.3 Å². The predicted octanol–water partition coefficient (Wildman–Crippen LogP) is 3.85. The Morgan fingerprint density at radius 2 is 2.00 bits per heavy atom. The van der Waals surface area contributed by atoms with E-state index in [1.54, 1.807) is 0 Å². The van der Waals surface area contributed by atoms with Crippen molar-refractivity contribution >= 4 is 5.95 Å². The van der Waals surface area contributed by atoms with Gasteiger partial charge in [-0.15, -0.1) is 0 Å². The van der Waals surface area contributed by atoms with Crippen LogP contribution >= 0.6 is 0 Å². The monoisotopic (exact) mass is 372 g/mol. The van der Waals surface area contributed by atoms with Gasteiger partial charge in [0.25, 0.3) is 0 Å². The minimum absolute atomic E-state index is 0.0939. The Labute approximate surface area is 147 Å². The molecule has 26 heavy (non-hydrogen) atoms. The smallest absolute Gasteiger partial charge is 0.350 e. The maximum Gasteiger partial charge on any atom is 0.433 e. The van der Waals surface area contributed by atoms with Crippen LogP contribution < -0.4 is 5.32 Å². The minimum atomic E-state index is -4.53. The molecule has 0 amide bonds. The molecule has 1 aromatic heterocycles. The molecule has 1 fully saturated rings. The molecular weight excluding hydrogens is 355 g/mol. The largest absolute Gasteiger partial charge is 0.433 e. The summed E-state index contributed by atoms with van der Waals surface area (Å²) < 4.78 is 65.3. The van der Waals surface area contributed by atoms with Gasteiger partial charge >= 0.3 is 6.18 Å². The van der Waals surface area contributed by atoms with E-state index < -0.39 is 23.5 Å². The van der Waals surface area contributed by atoms with Gasteiger partial charge in [-0.05, 0) is 43.7 Å². The van der Waals surface area contributed by atoms with Gasteiger partial charge in [0.2, 0.25) is 5.95 Å². The van der Waals surface area contributed by atoms with Gasteiger partial charge in [-0.25, -0.2) is 18.7 Å². The number of alkyl halides is 3. The van der Waals surface area contributed by atoms with E-state index in [9.17, 15) is 22.0 Å². The van der Waals surface area contributed by atoms with E-state index in [1.807, 2.05) is 4.90 Å². The van der Waals surface area contributed by atoms with Gasteiger partial charge in [0.05, 0.1) is 0 Å². The summed E-state index contributed by atoms with van der Waals surface area (Å²) in [7, 11) is 0. The van der Waals surface area contributed by atoms with Crippen LogP contribution in [-0.4, -0.2) is 34.0 Å². The molecule has 140 valence electrons. The van der Waals surface area contributed by atoms with E-state index in [0.717, 1.165) is 43.3 Å². The van der Waals surface area contributed by atoms with Gasteiger partial charge < -0.3 is 5.32 Å². The molecule has 9 heteroatoms. The van der Waals surface area contributed by atoms with Crippen molar-refractivity contribution in [3.8, 4) is 0 Å². The number of rotatable bonds is 4. The summed E-state index contributed by atoms with van der Waals surface area (Å²) in [6.45, 7) is 1.39. The van der Waals surface area contributed by atoms with Crippen molar-refractivity contribution in [2.45, 2.75) is 31.6 Å². The van der Waals surface area contributed by atoms with Crippen molar-refractivity contribution in [3.63, 3.8) is 0 Å². The summed E-state index contributed by atoms with van der Waals surface area (Å²) in [5.41, 5.74) is -0.759. The third-order valence-electron chi connectivity index (χ3n) is 4.19. The highest BCUT2D eigenvalue weighted by atomic mass is 19.4. The Bertz CT molecular complexity index is 765. The Morgan fingerprint density at radius 1 is 1.19 bits per heavy atom. The maximum atomic E-state index is 13.8. The molecule has 1 aromatic carbocycles. The van der Waals surface area contributed by atoms with Crippen LogP contribution in [0.2, 0.25) is 0 Å². The topological polar surface area (TPSA) is 41.0 Å². The SMILES string of the molecule is Fc1ccc(F)c(CN2CCCC(Nc3nccc(C(F)(F)F)n3)C2)c1. The third kappa shape index (κ3) is 4.66. The van der Waals surface area contributed by atoms with Crippen LogP contribution in [-0.2, 0) is 12.7 Å². The molecule has 0 saturated carbocycles. The van der Waals surface area contributed by atoms with E-state index in [2.05, 4.69) is 15.3 Å². The van der Waals surface area contributed by atoms with Crippen molar-refractivity contribution in [3.05, 3.63) is 53.4 Å². The molecule has 4 nitrogen and oxygen atoms in total. The number of aromatic nitrogens is 2. The summed E-state index contributed by atoms with van der Waals surface area (Å²) >= 11 is 0. The molecule has 1 saturated heterocycles. The number of anilines is 1. The lowest BCUT2D eigenvalue weighted by atomic mass is 10.0. The zero-order valence-corrected chi connectivity index (χ0v) is 13.7. The van der Waals surface area contributed by atoms with Gasteiger partial charge in [0.15, 0.2) is 0 Å². The zero-order valence-electron chi connectivity index (χ0n) is 13.7. The van der Waals surface area contributed by atoms with E-state index in [0.29, 0.717) is 13.1 Å². The molecule has 2 heterocycles. The van der Waals surface area contributed by atoms with Crippen LogP contribution in [0.4, 0.5) is 27.9 Å². The lowest BCUT2D eigenvalue weighted by Gasteiger charge is -2.33. The average Bonchev–Trinajstić information content (AvgIpc) is 2.58. The van der Waals surface area contributed by atoms with Crippen molar-refractivity contribution in [1.82, 2.24) is 14.9 Å². The van der Waals surface area contributed by atoms with Crippen LogP contribution in [0, 0.1) is 11.6 Å². The number of benzene rings is 1. The average molecular weight is 372 g/mol. The second-order valence-corrected chi connectivity index (χ2v) is 6.22. The molecule has 3 rings (SSSR count). The first kappa shape index (κ1) is 18.5. The number of likely N-dealkylation sites (tertiary alicyclic amines) is 1. The molecule has 0 spiro atoms. The fraction of sp³-hybridized carbons (Fsp3) is 0.412. The molecule has 1 unspecified atom stereocenters. The summed E-state index contributed by atoms with van der Waals surface area (Å²) in [6, 6.07) is 3.93. The Hall–Kier alpha value is -2.29. The molecular formula is C17H17F5N4. The van der Waals surface area contributed by atoms with Crippen molar-refractivity contribution in [1.29, 1.82) is 0 Å². The normalized spacial score (nSPS) is 18.7. The van der Waals surface area contributed by atoms with E-state index in [1.165, 1.54) is 0 Å². The summed E-state index contributed by atoms with van der Waals surface area (Å²) in [4.78, 5) is 9.25. The predicted molar refractivity (Wildman–Crippen MR) is 85.3 cm³/mol. The second kappa shape index (κ2) is 7.53. The van der Waals surface area contributed by atoms with E-state index >= 15 is 0 Å². The van der Waals surface area contributed by atoms with Crippen LogP contribution in [0.15, 0.2) is 30.5 Å². The number of halogens is 5. The van der Waals surface area contributed by atoms with Gasteiger partial charge in [-0.2, -0.15) is 13.2 Å². The number of hydrogen-bond acceptors (Lipinski definition) is 4. The minimum Gasteiger partial charge on any atom is -0.350 e. The van der Waals surface area contributed by atoms with E-state index in [-0.39, 0.29) is 24.1 Å². The van der Waals surface area contributed by atoms with Crippen LogP contribution in [0.25, 0.3) is 0 Å². The summed E-state index contributed by atoms with van der Waals surface area (Å²) in [5, 5.41) is 2.90. The van der Waals surface area contributed by atoms with Crippen molar-refractivity contribution < 1.29 is 22.0 Å². The highest BCUT2D eigenvalue weighted by molar-refractivity contribution is 5.28. The lowest BCUT2D eigenvalue weighted by molar-refractivity contribution is -0.141. The number of piperidine rings is 1. The Morgan fingerprint density at radius 3 is 2.77 bits per heavy atom. The second-order valence-electron chi connectivity index (χ2n) is 6.22. The number of nitrogens with zero attached hydrogens (tertiary/aromatic N) is 3. The fourth-order valence-electron chi connectivity index (χ4n) is 2.99. The molecule has 1 aliphatic heterocycles.